The second-order valence-electron chi connectivity index (χ2n) is 5.42. The Morgan fingerprint density at radius 1 is 1.27 bits per heavy atom. The lowest BCUT2D eigenvalue weighted by Gasteiger charge is -2.32. The summed E-state index contributed by atoms with van der Waals surface area (Å²) in [7, 11) is 1.66. The summed E-state index contributed by atoms with van der Waals surface area (Å²) in [6.07, 6.45) is 3.37. The molecule has 5 heteroatoms. The molecular weight excluding hydrogens is 280 g/mol. The average Bonchev–Trinajstić information content (AvgIpc) is 3.09. The van der Waals surface area contributed by atoms with Gasteiger partial charge in [0.05, 0.1) is 13.4 Å². The summed E-state index contributed by atoms with van der Waals surface area (Å²) < 4.78 is 10.4. The highest BCUT2D eigenvalue weighted by atomic mass is 16.5. The summed E-state index contributed by atoms with van der Waals surface area (Å²) in [5.74, 6) is 1.24. The topological polar surface area (TPSA) is 54.7 Å². The molecule has 0 spiro atoms. The molecule has 0 atom stereocenters. The molecule has 1 amide bonds. The summed E-state index contributed by atoms with van der Waals surface area (Å²) >= 11 is 0. The third-order valence-corrected chi connectivity index (χ3v) is 3.95. The summed E-state index contributed by atoms with van der Waals surface area (Å²) in [5.41, 5.74) is 1.05. The number of carbonyl (C=O) groups excluding carboxylic acids is 1. The van der Waals surface area contributed by atoms with Gasteiger partial charge in [0.25, 0.3) is 5.91 Å². The zero-order chi connectivity index (χ0) is 15.4. The van der Waals surface area contributed by atoms with Crippen molar-refractivity contribution >= 4 is 11.6 Å². The lowest BCUT2D eigenvalue weighted by molar-refractivity contribution is 0.0686. The van der Waals surface area contributed by atoms with E-state index in [-0.39, 0.29) is 5.91 Å². The minimum absolute atomic E-state index is 0.0233. The molecule has 1 N–H and O–H groups in total. The number of methoxy groups -OCH3 is 1. The Labute approximate surface area is 129 Å². The van der Waals surface area contributed by atoms with Gasteiger partial charge in [-0.2, -0.15) is 0 Å². The summed E-state index contributed by atoms with van der Waals surface area (Å²) in [4.78, 5) is 14.1. The molecule has 1 fully saturated rings. The van der Waals surface area contributed by atoms with Gasteiger partial charge < -0.3 is 19.4 Å². The molecular formula is C17H20N2O3. The predicted molar refractivity (Wildman–Crippen MR) is 84.3 cm³/mol. The summed E-state index contributed by atoms with van der Waals surface area (Å²) in [6, 6.07) is 11.7. The minimum atomic E-state index is -0.0233. The van der Waals surface area contributed by atoms with E-state index in [4.69, 9.17) is 9.15 Å². The van der Waals surface area contributed by atoms with Gasteiger partial charge in [0.1, 0.15) is 5.75 Å². The Bertz CT molecular complexity index is 617. The Balaban J connectivity index is 1.54. The lowest BCUT2D eigenvalue weighted by atomic mass is 10.0. The number of nitrogens with one attached hydrogen (secondary N) is 1. The van der Waals surface area contributed by atoms with Crippen molar-refractivity contribution in [3.05, 3.63) is 48.4 Å². The van der Waals surface area contributed by atoms with Crippen LogP contribution in [0.25, 0.3) is 0 Å². The first-order valence-corrected chi connectivity index (χ1v) is 7.49. The smallest absolute Gasteiger partial charge is 0.289 e. The van der Waals surface area contributed by atoms with Crippen LogP contribution in [-0.2, 0) is 0 Å². The van der Waals surface area contributed by atoms with Crippen molar-refractivity contribution in [1.29, 1.82) is 0 Å². The van der Waals surface area contributed by atoms with E-state index in [9.17, 15) is 4.79 Å². The largest absolute Gasteiger partial charge is 0.497 e. The normalized spacial score (nSPS) is 15.6. The Hall–Kier alpha value is -2.43. The fraction of sp³-hybridized carbons (Fsp3) is 0.353. The number of carbonyl (C=O) groups is 1. The Morgan fingerprint density at radius 2 is 2.09 bits per heavy atom. The van der Waals surface area contributed by atoms with Crippen LogP contribution in [-0.4, -0.2) is 37.0 Å². The third kappa shape index (κ3) is 3.24. The van der Waals surface area contributed by atoms with E-state index in [1.54, 1.807) is 19.2 Å². The maximum atomic E-state index is 12.2. The van der Waals surface area contributed by atoms with Crippen LogP contribution in [0.5, 0.6) is 5.75 Å². The highest BCUT2D eigenvalue weighted by Gasteiger charge is 2.24. The van der Waals surface area contributed by atoms with Gasteiger partial charge in [-0.25, -0.2) is 0 Å². The van der Waals surface area contributed by atoms with Crippen LogP contribution < -0.4 is 10.1 Å². The number of piperidine rings is 1. The SMILES string of the molecule is COc1cccc(NC2CCN(C(=O)c3ccco3)CC2)c1. The molecule has 1 aliphatic heterocycles. The predicted octanol–water partition coefficient (Wildman–Crippen LogP) is 3.00. The van der Waals surface area contributed by atoms with Gasteiger partial charge in [-0.05, 0) is 37.1 Å². The Morgan fingerprint density at radius 3 is 2.77 bits per heavy atom. The monoisotopic (exact) mass is 300 g/mol. The molecule has 1 aliphatic rings. The molecule has 116 valence electrons. The molecule has 0 saturated carbocycles. The first kappa shape index (κ1) is 14.5. The van der Waals surface area contributed by atoms with Crippen LogP contribution in [0.15, 0.2) is 47.1 Å². The van der Waals surface area contributed by atoms with E-state index in [1.165, 1.54) is 6.26 Å². The van der Waals surface area contributed by atoms with Crippen LogP contribution in [0.3, 0.4) is 0 Å². The number of anilines is 1. The molecule has 0 aliphatic carbocycles. The number of ether oxygens (including phenoxy) is 1. The van der Waals surface area contributed by atoms with Gasteiger partial charge in [-0.1, -0.05) is 6.07 Å². The van der Waals surface area contributed by atoms with Gasteiger partial charge in [-0.15, -0.1) is 0 Å². The highest BCUT2D eigenvalue weighted by molar-refractivity contribution is 5.91. The van der Waals surface area contributed by atoms with E-state index in [0.29, 0.717) is 11.8 Å². The van der Waals surface area contributed by atoms with Crippen LogP contribution in [0, 0.1) is 0 Å². The average molecular weight is 300 g/mol. The van der Waals surface area contributed by atoms with E-state index >= 15 is 0 Å². The molecule has 2 heterocycles. The van der Waals surface area contributed by atoms with Crippen LogP contribution in [0.4, 0.5) is 5.69 Å². The first-order chi connectivity index (χ1) is 10.8. The number of likely N-dealkylation sites (tertiary alicyclic amines) is 1. The van der Waals surface area contributed by atoms with Crippen molar-refractivity contribution in [2.24, 2.45) is 0 Å². The first-order valence-electron chi connectivity index (χ1n) is 7.49. The Kier molecular flexibility index (Phi) is 4.32. The molecule has 1 aromatic heterocycles. The van der Waals surface area contributed by atoms with E-state index < -0.39 is 0 Å². The molecule has 0 radical (unpaired) electrons. The lowest BCUT2D eigenvalue weighted by Crippen LogP contribution is -2.42. The maximum Gasteiger partial charge on any atom is 0.289 e. The molecule has 22 heavy (non-hydrogen) atoms. The van der Waals surface area contributed by atoms with Crippen LogP contribution in [0.2, 0.25) is 0 Å². The van der Waals surface area contributed by atoms with Crippen molar-refractivity contribution in [3.8, 4) is 5.75 Å². The molecule has 1 saturated heterocycles. The van der Waals surface area contributed by atoms with Crippen LogP contribution in [0.1, 0.15) is 23.4 Å². The number of hydrogen-bond donors (Lipinski definition) is 1. The zero-order valence-corrected chi connectivity index (χ0v) is 12.6. The van der Waals surface area contributed by atoms with Crippen molar-refractivity contribution in [2.45, 2.75) is 18.9 Å². The van der Waals surface area contributed by atoms with Crippen molar-refractivity contribution < 1.29 is 13.9 Å². The van der Waals surface area contributed by atoms with E-state index in [0.717, 1.165) is 37.4 Å². The molecule has 1 aromatic carbocycles. The molecule has 0 bridgehead atoms. The van der Waals surface area contributed by atoms with Gasteiger partial charge in [-0.3, -0.25) is 4.79 Å². The number of rotatable bonds is 4. The molecule has 3 rings (SSSR count). The van der Waals surface area contributed by atoms with Gasteiger partial charge in [0.2, 0.25) is 0 Å². The fourth-order valence-electron chi connectivity index (χ4n) is 2.73. The number of furan rings is 1. The molecule has 2 aromatic rings. The van der Waals surface area contributed by atoms with Crippen LogP contribution >= 0.6 is 0 Å². The summed E-state index contributed by atoms with van der Waals surface area (Å²) in [6.45, 7) is 1.47. The standard InChI is InChI=1S/C17H20N2O3/c1-21-15-5-2-4-14(12-15)18-13-7-9-19(10-8-13)17(20)16-6-3-11-22-16/h2-6,11-13,18H,7-10H2,1H3. The number of amides is 1. The number of nitrogens with zero attached hydrogens (tertiary/aromatic N) is 1. The maximum absolute atomic E-state index is 12.2. The summed E-state index contributed by atoms with van der Waals surface area (Å²) in [5, 5.41) is 3.51. The van der Waals surface area contributed by atoms with E-state index in [2.05, 4.69) is 5.32 Å². The highest BCUT2D eigenvalue weighted by Crippen LogP contribution is 2.21. The van der Waals surface area contributed by atoms with E-state index in [1.807, 2.05) is 29.2 Å². The van der Waals surface area contributed by atoms with Crippen molar-refractivity contribution in [3.63, 3.8) is 0 Å². The quantitative estimate of drug-likeness (QED) is 0.943. The third-order valence-electron chi connectivity index (χ3n) is 3.95. The van der Waals surface area contributed by atoms with Gasteiger partial charge >= 0.3 is 0 Å². The molecule has 0 unspecified atom stereocenters. The zero-order valence-electron chi connectivity index (χ0n) is 12.6. The molecule has 5 nitrogen and oxygen atoms in total. The van der Waals surface area contributed by atoms with Crippen molar-refractivity contribution in [1.82, 2.24) is 4.90 Å². The minimum Gasteiger partial charge on any atom is -0.497 e. The number of hydrogen-bond acceptors (Lipinski definition) is 4. The fourth-order valence-corrected chi connectivity index (χ4v) is 2.73. The second-order valence-corrected chi connectivity index (χ2v) is 5.42. The van der Waals surface area contributed by atoms with Gasteiger partial charge in [0, 0.05) is 30.9 Å². The number of benzene rings is 1. The van der Waals surface area contributed by atoms with Gasteiger partial charge in [0.15, 0.2) is 5.76 Å². The van der Waals surface area contributed by atoms with Crippen molar-refractivity contribution in [2.75, 3.05) is 25.5 Å². The second kappa shape index (κ2) is 6.56.